The summed E-state index contributed by atoms with van der Waals surface area (Å²) in [5.74, 6) is -0.435. The highest BCUT2D eigenvalue weighted by molar-refractivity contribution is 7.80. The van der Waals surface area contributed by atoms with Crippen molar-refractivity contribution >= 4 is 40.0 Å². The molecular formula is C23H18FN3O2S. The predicted octanol–water partition coefficient (Wildman–Crippen LogP) is 5.32. The molecule has 0 fully saturated rings. The first-order valence-electron chi connectivity index (χ1n) is 9.39. The lowest BCUT2D eigenvalue weighted by Crippen LogP contribution is -2.34. The lowest BCUT2D eigenvalue weighted by Gasteiger charge is -2.10. The van der Waals surface area contributed by atoms with Crippen LogP contribution in [0.4, 0.5) is 10.1 Å². The predicted molar refractivity (Wildman–Crippen MR) is 119 cm³/mol. The van der Waals surface area contributed by atoms with E-state index in [2.05, 4.69) is 22.5 Å². The monoisotopic (exact) mass is 419 g/mol. The Labute approximate surface area is 177 Å². The van der Waals surface area contributed by atoms with Gasteiger partial charge in [0.05, 0.1) is 0 Å². The number of anilines is 1. The number of carbonyl (C=O) groups excluding carboxylic acids is 1. The number of rotatable bonds is 4. The van der Waals surface area contributed by atoms with Gasteiger partial charge in [0.2, 0.25) is 5.89 Å². The van der Waals surface area contributed by atoms with Gasteiger partial charge in [0.1, 0.15) is 11.3 Å². The van der Waals surface area contributed by atoms with E-state index in [1.54, 1.807) is 0 Å². The molecule has 0 radical (unpaired) electrons. The Morgan fingerprint density at radius 3 is 2.63 bits per heavy atom. The van der Waals surface area contributed by atoms with Crippen molar-refractivity contribution in [3.8, 4) is 11.5 Å². The molecule has 5 nitrogen and oxygen atoms in total. The third-order valence-electron chi connectivity index (χ3n) is 4.56. The van der Waals surface area contributed by atoms with Gasteiger partial charge in [-0.3, -0.25) is 10.1 Å². The summed E-state index contributed by atoms with van der Waals surface area (Å²) in [7, 11) is 0. The summed E-state index contributed by atoms with van der Waals surface area (Å²) < 4.78 is 19.1. The fourth-order valence-electron chi connectivity index (χ4n) is 2.98. The van der Waals surface area contributed by atoms with E-state index in [0.29, 0.717) is 11.6 Å². The van der Waals surface area contributed by atoms with E-state index in [9.17, 15) is 9.18 Å². The Bertz CT molecular complexity index is 1230. The van der Waals surface area contributed by atoms with Gasteiger partial charge in [-0.2, -0.15) is 0 Å². The van der Waals surface area contributed by atoms with Crippen LogP contribution in [-0.4, -0.2) is 16.0 Å². The summed E-state index contributed by atoms with van der Waals surface area (Å²) in [6.07, 6.45) is 0.939. The minimum Gasteiger partial charge on any atom is -0.436 e. The van der Waals surface area contributed by atoms with Gasteiger partial charge >= 0.3 is 0 Å². The van der Waals surface area contributed by atoms with Crippen LogP contribution in [0.2, 0.25) is 0 Å². The fourth-order valence-corrected chi connectivity index (χ4v) is 3.19. The molecule has 150 valence electrons. The van der Waals surface area contributed by atoms with Gasteiger partial charge in [-0.05, 0) is 78.8 Å². The molecule has 2 N–H and O–H groups in total. The number of carbonyl (C=O) groups is 1. The number of fused-ring (bicyclic) bond motifs is 1. The Balaban J connectivity index is 1.43. The van der Waals surface area contributed by atoms with Gasteiger partial charge in [0, 0.05) is 16.8 Å². The molecule has 0 aliphatic carbocycles. The Kier molecular flexibility index (Phi) is 5.54. The minimum atomic E-state index is -0.485. The maximum Gasteiger partial charge on any atom is 0.257 e. The highest BCUT2D eigenvalue weighted by atomic mass is 32.1. The van der Waals surface area contributed by atoms with Gasteiger partial charge in [0.15, 0.2) is 10.7 Å². The van der Waals surface area contributed by atoms with Crippen molar-refractivity contribution in [3.63, 3.8) is 0 Å². The average molecular weight is 419 g/mol. The van der Waals surface area contributed by atoms with E-state index in [-0.39, 0.29) is 10.7 Å². The number of halogens is 1. The molecule has 1 amide bonds. The van der Waals surface area contributed by atoms with Gasteiger partial charge in [-0.15, -0.1) is 0 Å². The van der Waals surface area contributed by atoms with Gasteiger partial charge in [0.25, 0.3) is 5.91 Å². The van der Waals surface area contributed by atoms with E-state index >= 15 is 0 Å². The molecule has 30 heavy (non-hydrogen) atoms. The molecule has 0 unspecified atom stereocenters. The third-order valence-corrected chi connectivity index (χ3v) is 4.77. The molecule has 0 aliphatic rings. The van der Waals surface area contributed by atoms with Crippen LogP contribution in [0.15, 0.2) is 71.1 Å². The van der Waals surface area contributed by atoms with E-state index < -0.39 is 11.7 Å². The van der Waals surface area contributed by atoms with Crippen molar-refractivity contribution in [3.05, 3.63) is 83.7 Å². The number of nitrogens with zero attached hydrogens (tertiary/aromatic N) is 1. The van der Waals surface area contributed by atoms with Crippen LogP contribution in [-0.2, 0) is 6.42 Å². The van der Waals surface area contributed by atoms with Crippen LogP contribution < -0.4 is 10.6 Å². The van der Waals surface area contributed by atoms with E-state index in [1.807, 2.05) is 42.5 Å². The first kappa shape index (κ1) is 19.7. The first-order chi connectivity index (χ1) is 14.5. The van der Waals surface area contributed by atoms with Crippen LogP contribution in [0.25, 0.3) is 22.6 Å². The fraction of sp³-hybridized carbons (Fsp3) is 0.0870. The van der Waals surface area contributed by atoms with E-state index in [0.717, 1.165) is 29.2 Å². The van der Waals surface area contributed by atoms with Gasteiger partial charge < -0.3 is 9.73 Å². The third kappa shape index (κ3) is 4.36. The van der Waals surface area contributed by atoms with Crippen molar-refractivity contribution in [1.29, 1.82) is 0 Å². The maximum atomic E-state index is 13.3. The Morgan fingerprint density at radius 2 is 1.90 bits per heavy atom. The summed E-state index contributed by atoms with van der Waals surface area (Å²) in [4.78, 5) is 16.7. The van der Waals surface area contributed by atoms with Crippen molar-refractivity contribution in [2.45, 2.75) is 13.3 Å². The standard InChI is InChI=1S/C23H18FN3O2S/c1-2-14-6-11-20-19(12-14)26-22(29-20)15-7-9-18(10-8-15)25-23(30)27-21(28)16-4-3-5-17(24)13-16/h3-13H,2H2,1H3,(H2,25,27,28,30). The second-order valence-electron chi connectivity index (χ2n) is 6.67. The molecule has 0 atom stereocenters. The summed E-state index contributed by atoms with van der Waals surface area (Å²) in [5, 5.41) is 5.58. The quantitative estimate of drug-likeness (QED) is 0.438. The van der Waals surface area contributed by atoms with E-state index in [1.165, 1.54) is 23.8 Å². The van der Waals surface area contributed by atoms with Crippen LogP contribution >= 0.6 is 12.2 Å². The molecule has 7 heteroatoms. The summed E-state index contributed by atoms with van der Waals surface area (Å²) in [6.45, 7) is 2.10. The number of hydrogen-bond donors (Lipinski definition) is 2. The number of oxazole rings is 1. The van der Waals surface area contributed by atoms with Crippen molar-refractivity contribution < 1.29 is 13.6 Å². The number of benzene rings is 3. The topological polar surface area (TPSA) is 67.2 Å². The number of thiocarbonyl (C=S) groups is 1. The van der Waals surface area contributed by atoms with Crippen LogP contribution in [0.5, 0.6) is 0 Å². The van der Waals surface area contributed by atoms with Gasteiger partial charge in [-0.1, -0.05) is 19.1 Å². The van der Waals surface area contributed by atoms with Gasteiger partial charge in [-0.25, -0.2) is 9.37 Å². The highest BCUT2D eigenvalue weighted by Crippen LogP contribution is 2.26. The summed E-state index contributed by atoms with van der Waals surface area (Å²) >= 11 is 5.17. The molecule has 0 saturated heterocycles. The number of amides is 1. The zero-order chi connectivity index (χ0) is 21.1. The lowest BCUT2D eigenvalue weighted by molar-refractivity contribution is 0.0977. The number of hydrogen-bond acceptors (Lipinski definition) is 4. The zero-order valence-corrected chi connectivity index (χ0v) is 16.9. The SMILES string of the molecule is CCc1ccc2oc(-c3ccc(NC(=S)NC(=O)c4cccc(F)c4)cc3)nc2c1. The lowest BCUT2D eigenvalue weighted by atomic mass is 10.1. The first-order valence-corrected chi connectivity index (χ1v) is 9.80. The molecule has 1 aromatic heterocycles. The van der Waals surface area contributed by atoms with Crippen LogP contribution in [0.3, 0.4) is 0 Å². The average Bonchev–Trinajstić information content (AvgIpc) is 3.17. The Hall–Kier alpha value is -3.58. The zero-order valence-electron chi connectivity index (χ0n) is 16.1. The maximum absolute atomic E-state index is 13.3. The summed E-state index contributed by atoms with van der Waals surface area (Å²) in [6, 6.07) is 18.7. The normalized spacial score (nSPS) is 10.7. The second kappa shape index (κ2) is 8.42. The Morgan fingerprint density at radius 1 is 1.10 bits per heavy atom. The van der Waals surface area contributed by atoms with Crippen molar-refractivity contribution in [2.24, 2.45) is 0 Å². The molecule has 0 spiro atoms. The number of aryl methyl sites for hydroxylation is 1. The van der Waals surface area contributed by atoms with Crippen LogP contribution in [0, 0.1) is 5.82 Å². The van der Waals surface area contributed by atoms with Crippen molar-refractivity contribution in [1.82, 2.24) is 10.3 Å². The molecule has 4 rings (SSSR count). The largest absolute Gasteiger partial charge is 0.436 e. The molecule has 0 aliphatic heterocycles. The molecule has 3 aromatic carbocycles. The molecule has 0 saturated carbocycles. The van der Waals surface area contributed by atoms with Crippen molar-refractivity contribution in [2.75, 3.05) is 5.32 Å². The molecular weight excluding hydrogens is 401 g/mol. The molecule has 1 heterocycles. The summed E-state index contributed by atoms with van der Waals surface area (Å²) in [5.41, 5.74) is 4.48. The highest BCUT2D eigenvalue weighted by Gasteiger charge is 2.11. The molecule has 0 bridgehead atoms. The van der Waals surface area contributed by atoms with E-state index in [4.69, 9.17) is 16.6 Å². The smallest absolute Gasteiger partial charge is 0.257 e. The van der Waals surface area contributed by atoms with Crippen LogP contribution in [0.1, 0.15) is 22.8 Å². The minimum absolute atomic E-state index is 0.117. The number of nitrogens with one attached hydrogen (secondary N) is 2. The number of aromatic nitrogens is 1. The molecule has 4 aromatic rings. The second-order valence-corrected chi connectivity index (χ2v) is 7.08.